The number of piperidine rings is 1. The zero-order chi connectivity index (χ0) is 19.1. The maximum atomic E-state index is 12.5. The lowest BCUT2D eigenvalue weighted by Crippen LogP contribution is -2.51. The highest BCUT2D eigenvalue weighted by molar-refractivity contribution is 5.95. The largest absolute Gasteiger partial charge is 0.493 e. The monoisotopic (exact) mass is 363 g/mol. The third-order valence-electron chi connectivity index (χ3n) is 4.31. The van der Waals surface area contributed by atoms with Crippen LogP contribution in [0.5, 0.6) is 11.5 Å². The summed E-state index contributed by atoms with van der Waals surface area (Å²) in [5.41, 5.74) is 0.499. The van der Waals surface area contributed by atoms with Crippen LogP contribution in [0.3, 0.4) is 0 Å². The number of amides is 2. The lowest BCUT2D eigenvalue weighted by Gasteiger charge is -2.30. The quantitative estimate of drug-likeness (QED) is 0.683. The van der Waals surface area contributed by atoms with Gasteiger partial charge in [-0.1, -0.05) is 0 Å². The number of carbonyl (C=O) groups excluding carboxylic acids is 2. The molecule has 2 unspecified atom stereocenters. The fourth-order valence-corrected chi connectivity index (χ4v) is 2.93. The van der Waals surface area contributed by atoms with Crippen molar-refractivity contribution in [3.63, 3.8) is 0 Å². The first kappa shape index (κ1) is 20.0. The van der Waals surface area contributed by atoms with Crippen LogP contribution in [0.15, 0.2) is 18.2 Å². The van der Waals surface area contributed by atoms with Gasteiger partial charge in [-0.2, -0.15) is 0 Å². The van der Waals surface area contributed by atoms with Crippen LogP contribution in [0.1, 0.15) is 44.0 Å². The topological polar surface area (TPSA) is 88.7 Å². The maximum absolute atomic E-state index is 12.5. The molecule has 0 aromatic heterocycles. The fourth-order valence-electron chi connectivity index (χ4n) is 2.93. The van der Waals surface area contributed by atoms with E-state index in [1.54, 1.807) is 18.2 Å². The molecule has 3 N–H and O–H groups in total. The predicted octanol–water partition coefficient (Wildman–Crippen LogP) is 1.47. The van der Waals surface area contributed by atoms with Gasteiger partial charge in [0.2, 0.25) is 0 Å². The molecule has 1 saturated heterocycles. The molecule has 1 aromatic rings. The minimum atomic E-state index is -0.206. The van der Waals surface area contributed by atoms with E-state index in [-0.39, 0.29) is 36.5 Å². The Labute approximate surface area is 154 Å². The maximum Gasteiger partial charge on any atom is 0.258 e. The highest BCUT2D eigenvalue weighted by Gasteiger charge is 2.23. The van der Waals surface area contributed by atoms with Gasteiger partial charge in [-0.15, -0.1) is 0 Å². The van der Waals surface area contributed by atoms with E-state index < -0.39 is 0 Å². The molecule has 0 radical (unpaired) electrons. The fraction of sp³-hybridized carbons (Fsp3) is 0.579. The SMILES string of the molecule is COc1cc(C(=O)NC2CCCNC2C)ccc1OCC(=O)NC(C)C. The van der Waals surface area contributed by atoms with E-state index in [4.69, 9.17) is 9.47 Å². The summed E-state index contributed by atoms with van der Waals surface area (Å²) in [6.45, 7) is 6.72. The molecular weight excluding hydrogens is 334 g/mol. The Bertz CT molecular complexity index is 633. The molecule has 26 heavy (non-hydrogen) atoms. The summed E-state index contributed by atoms with van der Waals surface area (Å²) in [4.78, 5) is 24.2. The highest BCUT2D eigenvalue weighted by Crippen LogP contribution is 2.28. The summed E-state index contributed by atoms with van der Waals surface area (Å²) in [5.74, 6) is 0.496. The van der Waals surface area contributed by atoms with Crippen molar-refractivity contribution in [1.29, 1.82) is 0 Å². The first-order valence-electron chi connectivity index (χ1n) is 9.05. The van der Waals surface area contributed by atoms with Crippen LogP contribution >= 0.6 is 0 Å². The molecule has 1 aromatic carbocycles. The number of carbonyl (C=O) groups is 2. The molecule has 7 nitrogen and oxygen atoms in total. The van der Waals surface area contributed by atoms with Crippen LogP contribution in [0.4, 0.5) is 0 Å². The summed E-state index contributed by atoms with van der Waals surface area (Å²) >= 11 is 0. The number of rotatable bonds is 7. The van der Waals surface area contributed by atoms with Crippen LogP contribution in [0.25, 0.3) is 0 Å². The van der Waals surface area contributed by atoms with E-state index >= 15 is 0 Å². The van der Waals surface area contributed by atoms with E-state index in [1.807, 2.05) is 13.8 Å². The standard InChI is InChI=1S/C19H29N3O4/c1-12(2)21-18(23)11-26-16-8-7-14(10-17(16)25-4)19(24)22-15-6-5-9-20-13(15)3/h7-8,10,12-13,15,20H,5-6,9,11H2,1-4H3,(H,21,23)(H,22,24). The number of hydrogen-bond donors (Lipinski definition) is 3. The number of nitrogens with one attached hydrogen (secondary N) is 3. The van der Waals surface area contributed by atoms with Gasteiger partial charge in [0.05, 0.1) is 7.11 Å². The van der Waals surface area contributed by atoms with Gasteiger partial charge in [0.15, 0.2) is 18.1 Å². The molecule has 1 heterocycles. The Morgan fingerprint density at radius 2 is 2.08 bits per heavy atom. The zero-order valence-electron chi connectivity index (χ0n) is 15.9. The van der Waals surface area contributed by atoms with Gasteiger partial charge in [0.25, 0.3) is 11.8 Å². The van der Waals surface area contributed by atoms with Crippen LogP contribution in [0.2, 0.25) is 0 Å². The van der Waals surface area contributed by atoms with Crippen LogP contribution in [-0.2, 0) is 4.79 Å². The summed E-state index contributed by atoms with van der Waals surface area (Å²) in [7, 11) is 1.51. The number of ether oxygens (including phenoxy) is 2. The smallest absolute Gasteiger partial charge is 0.258 e. The second kappa shape index (κ2) is 9.43. The predicted molar refractivity (Wildman–Crippen MR) is 99.7 cm³/mol. The molecule has 0 spiro atoms. The van der Waals surface area contributed by atoms with Gasteiger partial charge in [-0.25, -0.2) is 0 Å². The molecule has 1 aliphatic rings. The molecule has 2 rings (SSSR count). The summed E-state index contributed by atoms with van der Waals surface area (Å²) in [6.07, 6.45) is 2.01. The average molecular weight is 363 g/mol. The van der Waals surface area contributed by atoms with Crippen molar-refractivity contribution in [2.75, 3.05) is 20.3 Å². The third kappa shape index (κ3) is 5.62. The lowest BCUT2D eigenvalue weighted by molar-refractivity contribution is -0.123. The van der Waals surface area contributed by atoms with Crippen LogP contribution in [0, 0.1) is 0 Å². The second-order valence-corrected chi connectivity index (χ2v) is 6.84. The highest BCUT2D eigenvalue weighted by atomic mass is 16.5. The Kier molecular flexibility index (Phi) is 7.26. The average Bonchev–Trinajstić information content (AvgIpc) is 2.61. The first-order chi connectivity index (χ1) is 12.4. The van der Waals surface area contributed by atoms with E-state index in [0.29, 0.717) is 17.1 Å². The van der Waals surface area contributed by atoms with Gasteiger partial charge in [-0.3, -0.25) is 9.59 Å². The first-order valence-corrected chi connectivity index (χ1v) is 9.05. The van der Waals surface area contributed by atoms with Gasteiger partial charge in [-0.05, 0) is 58.4 Å². The van der Waals surface area contributed by atoms with Crippen molar-refractivity contribution in [3.05, 3.63) is 23.8 Å². The molecule has 1 fully saturated rings. The molecule has 2 amide bonds. The van der Waals surface area contributed by atoms with Crippen molar-refractivity contribution in [2.45, 2.75) is 51.7 Å². The zero-order valence-corrected chi connectivity index (χ0v) is 15.9. The minimum absolute atomic E-state index is 0.0516. The van der Waals surface area contributed by atoms with E-state index in [1.165, 1.54) is 7.11 Å². The molecule has 0 saturated carbocycles. The lowest BCUT2D eigenvalue weighted by atomic mass is 9.99. The van der Waals surface area contributed by atoms with Gasteiger partial charge < -0.3 is 25.4 Å². The Balaban J connectivity index is 2.00. The Hall–Kier alpha value is -2.28. The number of methoxy groups -OCH3 is 1. The molecule has 2 atom stereocenters. The van der Waals surface area contributed by atoms with Crippen molar-refractivity contribution in [1.82, 2.24) is 16.0 Å². The van der Waals surface area contributed by atoms with E-state index in [9.17, 15) is 9.59 Å². The van der Waals surface area contributed by atoms with Crippen molar-refractivity contribution in [2.24, 2.45) is 0 Å². The molecule has 144 valence electrons. The molecule has 7 heteroatoms. The second-order valence-electron chi connectivity index (χ2n) is 6.84. The van der Waals surface area contributed by atoms with Crippen molar-refractivity contribution in [3.8, 4) is 11.5 Å². The molecule has 0 bridgehead atoms. The van der Waals surface area contributed by atoms with E-state index in [0.717, 1.165) is 19.4 Å². The summed E-state index contributed by atoms with van der Waals surface area (Å²) in [5, 5.41) is 9.18. The Morgan fingerprint density at radius 3 is 2.73 bits per heavy atom. The van der Waals surface area contributed by atoms with Gasteiger partial charge >= 0.3 is 0 Å². The normalized spacial score (nSPS) is 19.7. The molecule has 1 aliphatic heterocycles. The number of benzene rings is 1. The third-order valence-corrected chi connectivity index (χ3v) is 4.31. The van der Waals surface area contributed by atoms with Crippen LogP contribution in [-0.4, -0.2) is 50.2 Å². The minimum Gasteiger partial charge on any atom is -0.493 e. The number of hydrogen-bond acceptors (Lipinski definition) is 5. The van der Waals surface area contributed by atoms with Crippen molar-refractivity contribution < 1.29 is 19.1 Å². The van der Waals surface area contributed by atoms with Gasteiger partial charge in [0.1, 0.15) is 0 Å². The molecule has 0 aliphatic carbocycles. The Morgan fingerprint density at radius 1 is 1.31 bits per heavy atom. The van der Waals surface area contributed by atoms with E-state index in [2.05, 4.69) is 22.9 Å². The van der Waals surface area contributed by atoms with Crippen molar-refractivity contribution >= 4 is 11.8 Å². The van der Waals surface area contributed by atoms with Crippen LogP contribution < -0.4 is 25.4 Å². The molecular formula is C19H29N3O4. The van der Waals surface area contributed by atoms with Gasteiger partial charge in [0, 0.05) is 23.7 Å². The summed E-state index contributed by atoms with van der Waals surface area (Å²) in [6, 6.07) is 5.37. The summed E-state index contributed by atoms with van der Waals surface area (Å²) < 4.78 is 10.8.